The highest BCUT2D eigenvalue weighted by atomic mass is 32.2. The van der Waals surface area contributed by atoms with Gasteiger partial charge in [0.25, 0.3) is 10.0 Å². The smallest absolute Gasteiger partial charge is 0.388 e. The number of aliphatic hydroxyl groups is 1. The molecule has 0 amide bonds. The van der Waals surface area contributed by atoms with Crippen LogP contribution in [0.3, 0.4) is 0 Å². The fourth-order valence-electron chi connectivity index (χ4n) is 4.23. The first-order chi connectivity index (χ1) is 16.1. The highest BCUT2D eigenvalue weighted by Gasteiger charge is 2.51. The molecule has 0 aliphatic carbocycles. The number of benzene rings is 3. The minimum absolute atomic E-state index is 0.0293. The third kappa shape index (κ3) is 4.74. The number of aliphatic hydroxyl groups excluding tert-OH is 1. The first-order valence-corrected chi connectivity index (χ1v) is 12.2. The summed E-state index contributed by atoms with van der Waals surface area (Å²) in [6.45, 7) is 1.28. The number of nitrogens with zero attached hydrogens (tertiary/aromatic N) is 1. The van der Waals surface area contributed by atoms with Crippen LogP contribution in [0.5, 0.6) is 0 Å². The molecule has 1 unspecified atom stereocenters. The molecule has 3 atom stereocenters. The van der Waals surface area contributed by atoms with Gasteiger partial charge in [-0.2, -0.15) is 13.2 Å². The van der Waals surface area contributed by atoms with Crippen molar-refractivity contribution in [3.63, 3.8) is 0 Å². The molecule has 0 saturated carbocycles. The Labute approximate surface area is 197 Å². The summed E-state index contributed by atoms with van der Waals surface area (Å²) in [5.74, 6) is -3.47. The second-order valence-corrected chi connectivity index (χ2v) is 10.2. The number of halogens is 3. The topological polar surface area (TPSA) is 57.6 Å². The van der Waals surface area contributed by atoms with Crippen molar-refractivity contribution in [2.45, 2.75) is 24.1 Å². The molecule has 1 aliphatic heterocycles. The molecule has 0 fully saturated rings. The first kappa shape index (κ1) is 24.0. The fraction of sp³-hybridized carbons (Fsp3) is 0.231. The second kappa shape index (κ2) is 9.27. The lowest BCUT2D eigenvalue weighted by molar-refractivity contribution is -0.186. The van der Waals surface area contributed by atoms with E-state index in [1.54, 1.807) is 60.7 Å². The van der Waals surface area contributed by atoms with Crippen molar-refractivity contribution in [3.05, 3.63) is 108 Å². The molecule has 34 heavy (non-hydrogen) atoms. The summed E-state index contributed by atoms with van der Waals surface area (Å²) in [7, 11) is -4.21. The number of sulfonamides is 1. The van der Waals surface area contributed by atoms with Crippen molar-refractivity contribution in [3.8, 4) is 0 Å². The lowest BCUT2D eigenvalue weighted by atomic mass is 9.80. The number of rotatable bonds is 5. The second-order valence-electron chi connectivity index (χ2n) is 8.35. The van der Waals surface area contributed by atoms with Gasteiger partial charge in [-0.05, 0) is 36.3 Å². The first-order valence-electron chi connectivity index (χ1n) is 10.8. The van der Waals surface area contributed by atoms with E-state index in [4.69, 9.17) is 0 Å². The molecule has 0 radical (unpaired) electrons. The lowest BCUT2D eigenvalue weighted by Crippen LogP contribution is -2.46. The van der Waals surface area contributed by atoms with Gasteiger partial charge in [-0.1, -0.05) is 78.4 Å². The molecule has 3 aromatic rings. The Bertz CT molecular complexity index is 1260. The zero-order chi connectivity index (χ0) is 24.5. The fourth-order valence-corrected chi connectivity index (χ4v) is 5.75. The third-order valence-electron chi connectivity index (χ3n) is 6.05. The summed E-state index contributed by atoms with van der Waals surface area (Å²) in [6, 6.07) is 22.3. The molecule has 178 valence electrons. The zero-order valence-electron chi connectivity index (χ0n) is 18.4. The predicted molar refractivity (Wildman–Crippen MR) is 124 cm³/mol. The Morgan fingerprint density at radius 2 is 1.47 bits per heavy atom. The molecule has 4 rings (SSSR count). The minimum Gasteiger partial charge on any atom is -0.388 e. The average molecular weight is 488 g/mol. The minimum atomic E-state index is -4.68. The molecule has 0 saturated heterocycles. The van der Waals surface area contributed by atoms with Crippen molar-refractivity contribution in [2.24, 2.45) is 11.8 Å². The Balaban J connectivity index is 1.88. The molecule has 1 N–H and O–H groups in total. The van der Waals surface area contributed by atoms with Crippen LogP contribution in [0.4, 0.5) is 13.2 Å². The molecule has 8 heteroatoms. The van der Waals surface area contributed by atoms with Crippen LogP contribution in [0.15, 0.2) is 95.9 Å². The molecule has 1 heterocycles. The normalized spacial score (nSPS) is 20.0. The molecule has 0 bridgehead atoms. The van der Waals surface area contributed by atoms with E-state index in [1.807, 2.05) is 6.92 Å². The quantitative estimate of drug-likeness (QED) is 0.512. The summed E-state index contributed by atoms with van der Waals surface area (Å²) in [5, 5.41) is 11.0. The third-order valence-corrected chi connectivity index (χ3v) is 7.84. The molecular weight excluding hydrogens is 463 g/mol. The van der Waals surface area contributed by atoms with Crippen molar-refractivity contribution in [1.82, 2.24) is 4.31 Å². The summed E-state index contributed by atoms with van der Waals surface area (Å²) in [5.41, 5.74) is 1.44. The van der Waals surface area contributed by atoms with E-state index in [0.29, 0.717) is 11.1 Å². The Kier molecular flexibility index (Phi) is 6.55. The Morgan fingerprint density at radius 1 is 0.912 bits per heavy atom. The van der Waals surface area contributed by atoms with Crippen molar-refractivity contribution < 1.29 is 26.7 Å². The van der Waals surface area contributed by atoms with Crippen LogP contribution in [-0.2, 0) is 10.0 Å². The van der Waals surface area contributed by atoms with Gasteiger partial charge >= 0.3 is 6.18 Å². The average Bonchev–Trinajstić information content (AvgIpc) is 2.83. The molecular formula is C26H24F3NO3S. The van der Waals surface area contributed by atoms with E-state index < -0.39 is 40.7 Å². The van der Waals surface area contributed by atoms with Crippen LogP contribution < -0.4 is 0 Å². The maximum Gasteiger partial charge on any atom is 0.395 e. The number of hydrogen-bond acceptors (Lipinski definition) is 3. The summed E-state index contributed by atoms with van der Waals surface area (Å²) >= 11 is 0. The van der Waals surface area contributed by atoms with Gasteiger partial charge in [-0.3, -0.25) is 4.31 Å². The van der Waals surface area contributed by atoms with Crippen LogP contribution in [0.1, 0.15) is 22.8 Å². The van der Waals surface area contributed by atoms with Gasteiger partial charge in [0.05, 0.1) is 22.6 Å². The standard InChI is InChI=1S/C26H24F3NO3S/c1-18-12-14-21(15-13-18)34(32,33)30-17-22(25(31)20-10-6-3-7-11-20)23(26(27,28)29)16-24(30)19-8-4-2-5-9-19/h2-16,22-23,25,31H,17H2,1H3/t22-,23-,25?/m0/s1. The lowest BCUT2D eigenvalue weighted by Gasteiger charge is -2.41. The van der Waals surface area contributed by atoms with Gasteiger partial charge in [-0.25, -0.2) is 8.42 Å². The van der Waals surface area contributed by atoms with Crippen molar-refractivity contribution in [1.29, 1.82) is 0 Å². The van der Waals surface area contributed by atoms with E-state index >= 15 is 0 Å². The highest BCUT2D eigenvalue weighted by molar-refractivity contribution is 7.89. The Morgan fingerprint density at radius 3 is 2.03 bits per heavy atom. The van der Waals surface area contributed by atoms with E-state index in [-0.39, 0.29) is 10.6 Å². The monoisotopic (exact) mass is 487 g/mol. The molecule has 4 nitrogen and oxygen atoms in total. The van der Waals surface area contributed by atoms with E-state index in [9.17, 15) is 26.7 Å². The van der Waals surface area contributed by atoms with Crippen LogP contribution in [0.2, 0.25) is 0 Å². The van der Waals surface area contributed by atoms with Crippen molar-refractivity contribution >= 4 is 15.7 Å². The van der Waals surface area contributed by atoms with E-state index in [1.165, 1.54) is 24.3 Å². The maximum atomic E-state index is 14.2. The van der Waals surface area contributed by atoms with Crippen LogP contribution in [-0.4, -0.2) is 30.6 Å². The largest absolute Gasteiger partial charge is 0.395 e. The summed E-state index contributed by atoms with van der Waals surface area (Å²) in [6.07, 6.45) is -5.27. The number of allylic oxidation sites excluding steroid dienone is 1. The summed E-state index contributed by atoms with van der Waals surface area (Å²) < 4.78 is 71.0. The highest BCUT2D eigenvalue weighted by Crippen LogP contribution is 2.46. The van der Waals surface area contributed by atoms with Crippen LogP contribution in [0, 0.1) is 18.8 Å². The van der Waals surface area contributed by atoms with Gasteiger partial charge in [0.1, 0.15) is 0 Å². The SMILES string of the molecule is Cc1ccc(S(=O)(=O)N2C[C@H](C(O)c3ccccc3)[C@@H](C(F)(F)F)C=C2c2ccccc2)cc1. The van der Waals surface area contributed by atoms with Gasteiger partial charge in [0.2, 0.25) is 0 Å². The predicted octanol–water partition coefficient (Wildman–Crippen LogP) is 5.57. The van der Waals surface area contributed by atoms with Gasteiger partial charge in [0, 0.05) is 12.5 Å². The van der Waals surface area contributed by atoms with Gasteiger partial charge in [0.15, 0.2) is 0 Å². The van der Waals surface area contributed by atoms with Gasteiger partial charge < -0.3 is 5.11 Å². The maximum absolute atomic E-state index is 14.2. The number of aryl methyl sites for hydroxylation is 1. The van der Waals surface area contributed by atoms with Crippen LogP contribution in [0.25, 0.3) is 5.70 Å². The Hall–Kier alpha value is -3.10. The molecule has 0 spiro atoms. The zero-order valence-corrected chi connectivity index (χ0v) is 19.2. The number of alkyl halides is 3. The molecule has 3 aromatic carbocycles. The molecule has 0 aromatic heterocycles. The molecule has 1 aliphatic rings. The van der Waals surface area contributed by atoms with E-state index in [0.717, 1.165) is 15.9 Å². The van der Waals surface area contributed by atoms with Crippen LogP contribution >= 0.6 is 0 Å². The summed E-state index contributed by atoms with van der Waals surface area (Å²) in [4.78, 5) is -0.0293. The van der Waals surface area contributed by atoms with Crippen molar-refractivity contribution in [2.75, 3.05) is 6.54 Å². The van der Waals surface area contributed by atoms with E-state index in [2.05, 4.69) is 0 Å². The van der Waals surface area contributed by atoms with Gasteiger partial charge in [-0.15, -0.1) is 0 Å². The number of hydrogen-bond donors (Lipinski definition) is 1.